The Morgan fingerprint density at radius 2 is 2.04 bits per heavy atom. The number of aromatic nitrogens is 4. The molecule has 3 rings (SSSR count). The predicted octanol–water partition coefficient (Wildman–Crippen LogP) is 1.72. The molecule has 3 aromatic rings. The minimum absolute atomic E-state index is 0.169. The van der Waals surface area contributed by atoms with Crippen molar-refractivity contribution in [2.24, 2.45) is 7.05 Å². The van der Waals surface area contributed by atoms with E-state index in [0.717, 1.165) is 11.1 Å². The molecule has 122 valence electrons. The van der Waals surface area contributed by atoms with Gasteiger partial charge in [-0.2, -0.15) is 5.10 Å². The quantitative estimate of drug-likeness (QED) is 0.707. The van der Waals surface area contributed by atoms with Crippen LogP contribution in [0.4, 0.5) is 11.4 Å². The second-order valence-corrected chi connectivity index (χ2v) is 5.12. The number of anilines is 2. The number of rotatable bonds is 4. The van der Waals surface area contributed by atoms with Crippen LogP contribution in [0, 0.1) is 0 Å². The topological polar surface area (TPSA) is 108 Å². The van der Waals surface area contributed by atoms with Gasteiger partial charge in [0.05, 0.1) is 24.7 Å². The van der Waals surface area contributed by atoms with Crippen molar-refractivity contribution >= 4 is 17.3 Å². The number of amides is 1. The van der Waals surface area contributed by atoms with E-state index in [2.05, 4.69) is 20.6 Å². The molecule has 0 aliphatic rings. The largest absolute Gasteiger partial charge is 0.480 e. The van der Waals surface area contributed by atoms with Crippen LogP contribution in [-0.2, 0) is 7.05 Å². The summed E-state index contributed by atoms with van der Waals surface area (Å²) in [6.45, 7) is 0. The average Bonchev–Trinajstić information content (AvgIpc) is 3.03. The smallest absolute Gasteiger partial charge is 0.276 e. The second kappa shape index (κ2) is 6.37. The summed E-state index contributed by atoms with van der Waals surface area (Å²) in [7, 11) is 3.32. The molecular formula is C16H16N6O2. The van der Waals surface area contributed by atoms with Gasteiger partial charge in [-0.1, -0.05) is 6.07 Å². The maximum atomic E-state index is 12.3. The van der Waals surface area contributed by atoms with E-state index < -0.39 is 5.91 Å². The van der Waals surface area contributed by atoms with E-state index in [0.29, 0.717) is 17.3 Å². The maximum Gasteiger partial charge on any atom is 0.276 e. The van der Waals surface area contributed by atoms with Gasteiger partial charge >= 0.3 is 0 Å². The molecule has 0 aliphatic heterocycles. The van der Waals surface area contributed by atoms with E-state index in [1.165, 1.54) is 13.2 Å². The number of nitrogens with two attached hydrogens (primary N) is 1. The molecule has 0 saturated heterocycles. The van der Waals surface area contributed by atoms with Gasteiger partial charge in [0.1, 0.15) is 0 Å². The maximum absolute atomic E-state index is 12.3. The molecule has 0 radical (unpaired) electrons. The Balaban J connectivity index is 1.84. The Morgan fingerprint density at radius 3 is 2.67 bits per heavy atom. The van der Waals surface area contributed by atoms with Gasteiger partial charge in [0.25, 0.3) is 5.91 Å². The molecule has 0 saturated carbocycles. The highest BCUT2D eigenvalue weighted by molar-refractivity contribution is 6.04. The van der Waals surface area contributed by atoms with Crippen molar-refractivity contribution in [2.45, 2.75) is 0 Å². The first-order valence-electron chi connectivity index (χ1n) is 7.14. The van der Waals surface area contributed by atoms with Crippen molar-refractivity contribution in [3.63, 3.8) is 0 Å². The van der Waals surface area contributed by atoms with Crippen molar-refractivity contribution in [1.29, 1.82) is 0 Å². The monoisotopic (exact) mass is 324 g/mol. The molecule has 0 fully saturated rings. The molecule has 2 heterocycles. The minimum atomic E-state index is -0.403. The molecule has 3 N–H and O–H groups in total. The Kier molecular flexibility index (Phi) is 4.11. The summed E-state index contributed by atoms with van der Waals surface area (Å²) < 4.78 is 6.63. The molecule has 8 heteroatoms. The molecule has 2 aromatic heterocycles. The van der Waals surface area contributed by atoms with E-state index in [-0.39, 0.29) is 5.69 Å². The first kappa shape index (κ1) is 15.5. The fraction of sp³-hybridized carbons (Fsp3) is 0.125. The SMILES string of the molecule is COc1ccc(C(=O)Nc2cc(-c3cnn(C)c3)ccc2N)nn1. The van der Waals surface area contributed by atoms with E-state index in [1.54, 1.807) is 29.1 Å². The third-order valence-electron chi connectivity index (χ3n) is 3.42. The van der Waals surface area contributed by atoms with Crippen molar-refractivity contribution < 1.29 is 9.53 Å². The normalized spacial score (nSPS) is 10.4. The molecule has 0 bridgehead atoms. The van der Waals surface area contributed by atoms with Crippen molar-refractivity contribution in [3.8, 4) is 17.0 Å². The van der Waals surface area contributed by atoms with Gasteiger partial charge in [-0.3, -0.25) is 9.48 Å². The lowest BCUT2D eigenvalue weighted by Gasteiger charge is -2.09. The Labute approximate surface area is 138 Å². The van der Waals surface area contributed by atoms with Gasteiger partial charge in [-0.25, -0.2) is 0 Å². The summed E-state index contributed by atoms with van der Waals surface area (Å²) >= 11 is 0. The molecule has 8 nitrogen and oxygen atoms in total. The number of nitrogen functional groups attached to an aromatic ring is 1. The Morgan fingerprint density at radius 1 is 1.21 bits per heavy atom. The van der Waals surface area contributed by atoms with Crippen LogP contribution in [-0.4, -0.2) is 33.0 Å². The van der Waals surface area contributed by atoms with Gasteiger partial charge in [0.15, 0.2) is 5.69 Å². The van der Waals surface area contributed by atoms with Crippen LogP contribution in [0.3, 0.4) is 0 Å². The Hall–Kier alpha value is -3.42. The highest BCUT2D eigenvalue weighted by Crippen LogP contribution is 2.27. The number of nitrogens with zero attached hydrogens (tertiary/aromatic N) is 4. The first-order valence-corrected chi connectivity index (χ1v) is 7.14. The van der Waals surface area contributed by atoms with Crippen molar-refractivity contribution in [2.75, 3.05) is 18.2 Å². The van der Waals surface area contributed by atoms with E-state index in [4.69, 9.17) is 10.5 Å². The summed E-state index contributed by atoms with van der Waals surface area (Å²) in [6, 6.07) is 8.49. The van der Waals surface area contributed by atoms with Gasteiger partial charge in [-0.05, 0) is 23.8 Å². The number of hydrogen-bond acceptors (Lipinski definition) is 6. The average molecular weight is 324 g/mol. The number of benzene rings is 1. The van der Waals surface area contributed by atoms with Crippen LogP contribution in [0.15, 0.2) is 42.7 Å². The Bertz CT molecular complexity index is 873. The number of methoxy groups -OCH3 is 1. The van der Waals surface area contributed by atoms with Crippen LogP contribution in [0.25, 0.3) is 11.1 Å². The fourth-order valence-corrected chi connectivity index (χ4v) is 2.15. The summed E-state index contributed by atoms with van der Waals surface area (Å²) in [4.78, 5) is 12.3. The number of carbonyl (C=O) groups excluding carboxylic acids is 1. The lowest BCUT2D eigenvalue weighted by Crippen LogP contribution is -2.15. The zero-order valence-electron chi connectivity index (χ0n) is 13.2. The van der Waals surface area contributed by atoms with Gasteiger partial charge in [-0.15, -0.1) is 10.2 Å². The van der Waals surface area contributed by atoms with Gasteiger partial charge in [0, 0.05) is 24.9 Å². The lowest BCUT2D eigenvalue weighted by atomic mass is 10.1. The summed E-state index contributed by atoms with van der Waals surface area (Å²) in [5.41, 5.74) is 8.90. The molecular weight excluding hydrogens is 308 g/mol. The predicted molar refractivity (Wildman–Crippen MR) is 89.6 cm³/mol. The molecule has 1 aromatic carbocycles. The van der Waals surface area contributed by atoms with Crippen molar-refractivity contribution in [3.05, 3.63) is 48.4 Å². The molecule has 0 aliphatic carbocycles. The fourth-order valence-electron chi connectivity index (χ4n) is 2.15. The van der Waals surface area contributed by atoms with Gasteiger partial charge in [0.2, 0.25) is 5.88 Å². The van der Waals surface area contributed by atoms with Crippen LogP contribution in [0.1, 0.15) is 10.5 Å². The third kappa shape index (κ3) is 3.17. The van der Waals surface area contributed by atoms with Crippen molar-refractivity contribution in [1.82, 2.24) is 20.0 Å². The van der Waals surface area contributed by atoms with Gasteiger partial charge < -0.3 is 15.8 Å². The molecule has 24 heavy (non-hydrogen) atoms. The zero-order valence-corrected chi connectivity index (χ0v) is 13.2. The zero-order chi connectivity index (χ0) is 17.1. The summed E-state index contributed by atoms with van der Waals surface area (Å²) in [6.07, 6.45) is 3.62. The summed E-state index contributed by atoms with van der Waals surface area (Å²) in [5, 5.41) is 14.5. The standard InChI is InChI=1S/C16H16N6O2/c1-22-9-11(8-18-22)10-3-4-12(17)14(7-10)19-16(23)13-5-6-15(24-2)21-20-13/h3-9H,17H2,1-2H3,(H,19,23). The van der Waals surface area contributed by atoms with Crippen LogP contribution < -0.4 is 15.8 Å². The first-order chi connectivity index (χ1) is 11.6. The number of hydrogen-bond donors (Lipinski definition) is 2. The van der Waals surface area contributed by atoms with Crippen LogP contribution >= 0.6 is 0 Å². The number of aryl methyl sites for hydroxylation is 1. The van der Waals surface area contributed by atoms with E-state index >= 15 is 0 Å². The second-order valence-electron chi connectivity index (χ2n) is 5.12. The third-order valence-corrected chi connectivity index (χ3v) is 3.42. The minimum Gasteiger partial charge on any atom is -0.480 e. The highest BCUT2D eigenvalue weighted by Gasteiger charge is 2.12. The van der Waals surface area contributed by atoms with Crippen LogP contribution in [0.2, 0.25) is 0 Å². The molecule has 1 amide bonds. The van der Waals surface area contributed by atoms with E-state index in [9.17, 15) is 4.79 Å². The number of carbonyl (C=O) groups is 1. The molecule has 0 unspecified atom stereocenters. The van der Waals surface area contributed by atoms with Crippen LogP contribution in [0.5, 0.6) is 5.88 Å². The summed E-state index contributed by atoms with van der Waals surface area (Å²) in [5.74, 6) is -0.0650. The van der Waals surface area contributed by atoms with E-state index in [1.807, 2.05) is 19.3 Å². The lowest BCUT2D eigenvalue weighted by molar-refractivity contribution is 0.102. The molecule has 0 spiro atoms. The highest BCUT2D eigenvalue weighted by atomic mass is 16.5. The number of ether oxygens (including phenoxy) is 1. The number of nitrogens with one attached hydrogen (secondary N) is 1. The molecule has 0 atom stereocenters.